The van der Waals surface area contributed by atoms with Crippen molar-refractivity contribution in [3.8, 4) is 11.5 Å². The minimum atomic E-state index is -0.593. The lowest BCUT2D eigenvalue weighted by Crippen LogP contribution is -2.25. The van der Waals surface area contributed by atoms with E-state index in [0.29, 0.717) is 23.1 Å². The second-order valence-corrected chi connectivity index (χ2v) is 4.28. The largest absolute Gasteiger partial charge is 0.493 e. The van der Waals surface area contributed by atoms with Crippen molar-refractivity contribution in [2.24, 2.45) is 5.73 Å². The molecule has 0 amide bonds. The van der Waals surface area contributed by atoms with Gasteiger partial charge in [-0.05, 0) is 31.5 Å². The minimum absolute atomic E-state index is 0.370. The Bertz CT molecular complexity index is 382. The van der Waals surface area contributed by atoms with Gasteiger partial charge < -0.3 is 20.3 Å². The van der Waals surface area contributed by atoms with Gasteiger partial charge in [0.15, 0.2) is 11.5 Å². The predicted molar refractivity (Wildman–Crippen MR) is 67.7 cm³/mol. The summed E-state index contributed by atoms with van der Waals surface area (Å²) in [4.78, 5) is 0. The third-order valence-corrected chi connectivity index (χ3v) is 2.79. The second kappa shape index (κ2) is 6.10. The summed E-state index contributed by atoms with van der Waals surface area (Å²) in [6, 6.07) is 3.50. The van der Waals surface area contributed by atoms with Gasteiger partial charge in [0.05, 0.1) is 18.2 Å². The maximum absolute atomic E-state index is 9.41. The van der Waals surface area contributed by atoms with Crippen molar-refractivity contribution in [1.29, 1.82) is 0 Å². The monoisotopic (exact) mass is 259 g/mol. The molecule has 4 nitrogen and oxygen atoms in total. The number of nitrogens with two attached hydrogens (primary N) is 1. The molecule has 0 saturated heterocycles. The molecule has 0 fully saturated rings. The molecule has 5 heteroatoms. The maximum atomic E-state index is 9.41. The van der Waals surface area contributed by atoms with Gasteiger partial charge in [-0.25, -0.2) is 0 Å². The van der Waals surface area contributed by atoms with E-state index in [4.69, 9.17) is 26.8 Å². The Kier molecular flexibility index (Phi) is 5.05. The van der Waals surface area contributed by atoms with Gasteiger partial charge in [0.1, 0.15) is 6.10 Å². The first-order chi connectivity index (χ1) is 7.99. The molecule has 0 bridgehead atoms. The summed E-state index contributed by atoms with van der Waals surface area (Å²) in [6.45, 7) is 3.79. The van der Waals surface area contributed by atoms with Crippen LogP contribution in [0.15, 0.2) is 12.1 Å². The standard InChI is InChI=1S/C12H18ClNO3/c1-7(15)8(2)17-12-10(13)4-9(6-14)5-11(12)16-3/h4-5,7-8,15H,6,14H2,1-3H3. The SMILES string of the molecule is COc1cc(CN)cc(Cl)c1OC(C)C(C)O. The van der Waals surface area contributed by atoms with E-state index in [0.717, 1.165) is 5.56 Å². The number of ether oxygens (including phenoxy) is 2. The van der Waals surface area contributed by atoms with Gasteiger partial charge in [-0.15, -0.1) is 0 Å². The van der Waals surface area contributed by atoms with Crippen LogP contribution in [0.25, 0.3) is 0 Å². The summed E-state index contributed by atoms with van der Waals surface area (Å²) in [5, 5.41) is 9.84. The van der Waals surface area contributed by atoms with Crippen molar-refractivity contribution in [3.63, 3.8) is 0 Å². The summed E-state index contributed by atoms with van der Waals surface area (Å²) in [7, 11) is 1.53. The zero-order valence-electron chi connectivity index (χ0n) is 10.2. The van der Waals surface area contributed by atoms with Crippen molar-refractivity contribution in [3.05, 3.63) is 22.7 Å². The van der Waals surface area contributed by atoms with E-state index in [1.165, 1.54) is 7.11 Å². The molecule has 0 saturated carbocycles. The number of aliphatic hydroxyl groups is 1. The highest BCUT2D eigenvalue weighted by atomic mass is 35.5. The summed E-state index contributed by atoms with van der Waals surface area (Å²) in [5.41, 5.74) is 6.41. The van der Waals surface area contributed by atoms with Crippen LogP contribution in [-0.2, 0) is 6.54 Å². The molecule has 0 radical (unpaired) electrons. The van der Waals surface area contributed by atoms with E-state index in [2.05, 4.69) is 0 Å². The van der Waals surface area contributed by atoms with Gasteiger partial charge in [0, 0.05) is 6.54 Å². The lowest BCUT2D eigenvalue weighted by Gasteiger charge is -2.20. The first-order valence-electron chi connectivity index (χ1n) is 5.40. The molecule has 1 aromatic rings. The number of methoxy groups -OCH3 is 1. The predicted octanol–water partition coefficient (Wildman–Crippen LogP) is 1.96. The normalized spacial score (nSPS) is 14.2. The number of aliphatic hydroxyl groups excluding tert-OH is 1. The summed E-state index contributed by atoms with van der Waals surface area (Å²) in [6.07, 6.45) is -0.963. The first-order valence-corrected chi connectivity index (χ1v) is 5.78. The van der Waals surface area contributed by atoms with Crippen LogP contribution in [0.3, 0.4) is 0 Å². The Morgan fingerprint density at radius 3 is 2.53 bits per heavy atom. The molecule has 0 aromatic heterocycles. The van der Waals surface area contributed by atoms with E-state index in [9.17, 15) is 5.11 Å². The summed E-state index contributed by atoms with van der Waals surface area (Å²) >= 11 is 6.10. The minimum Gasteiger partial charge on any atom is -0.493 e. The van der Waals surface area contributed by atoms with Crippen LogP contribution in [0.4, 0.5) is 0 Å². The van der Waals surface area contributed by atoms with Crippen LogP contribution < -0.4 is 15.2 Å². The third kappa shape index (κ3) is 3.49. The van der Waals surface area contributed by atoms with Crippen LogP contribution in [-0.4, -0.2) is 24.4 Å². The van der Waals surface area contributed by atoms with E-state index in [1.807, 2.05) is 0 Å². The van der Waals surface area contributed by atoms with Crippen molar-refractivity contribution < 1.29 is 14.6 Å². The number of halogens is 1. The molecule has 0 aliphatic rings. The Labute approximate surface area is 106 Å². The van der Waals surface area contributed by atoms with Crippen LogP contribution >= 0.6 is 11.6 Å². The average molecular weight is 260 g/mol. The quantitative estimate of drug-likeness (QED) is 0.848. The molecule has 0 aliphatic heterocycles. The fourth-order valence-corrected chi connectivity index (χ4v) is 1.57. The fraction of sp³-hybridized carbons (Fsp3) is 0.500. The first kappa shape index (κ1) is 14.1. The van der Waals surface area contributed by atoms with Gasteiger partial charge in [0.2, 0.25) is 0 Å². The highest BCUT2D eigenvalue weighted by Gasteiger charge is 2.17. The molecule has 3 N–H and O–H groups in total. The van der Waals surface area contributed by atoms with E-state index in [1.54, 1.807) is 26.0 Å². The van der Waals surface area contributed by atoms with Crippen LogP contribution in [0.1, 0.15) is 19.4 Å². The van der Waals surface area contributed by atoms with Crippen molar-refractivity contribution >= 4 is 11.6 Å². The molecule has 2 unspecified atom stereocenters. The summed E-state index contributed by atoms with van der Waals surface area (Å²) in [5.74, 6) is 0.949. The number of hydrogen-bond donors (Lipinski definition) is 2. The van der Waals surface area contributed by atoms with Gasteiger partial charge in [-0.3, -0.25) is 0 Å². The second-order valence-electron chi connectivity index (χ2n) is 3.88. The molecule has 17 heavy (non-hydrogen) atoms. The molecule has 96 valence electrons. The van der Waals surface area contributed by atoms with E-state index in [-0.39, 0.29) is 6.10 Å². The molecule has 0 spiro atoms. The topological polar surface area (TPSA) is 64.7 Å². The van der Waals surface area contributed by atoms with Gasteiger partial charge in [-0.1, -0.05) is 11.6 Å². The molecule has 1 aromatic carbocycles. The zero-order valence-corrected chi connectivity index (χ0v) is 11.0. The van der Waals surface area contributed by atoms with Crippen molar-refractivity contribution in [2.45, 2.75) is 32.6 Å². The lowest BCUT2D eigenvalue weighted by molar-refractivity contribution is 0.0587. The third-order valence-electron chi connectivity index (χ3n) is 2.51. The van der Waals surface area contributed by atoms with Crippen LogP contribution in [0.2, 0.25) is 5.02 Å². The number of rotatable bonds is 5. The molecule has 1 rings (SSSR count). The van der Waals surface area contributed by atoms with Gasteiger partial charge in [-0.2, -0.15) is 0 Å². The molecule has 0 aliphatic carbocycles. The number of hydrogen-bond acceptors (Lipinski definition) is 4. The zero-order chi connectivity index (χ0) is 13.0. The Morgan fingerprint density at radius 1 is 1.41 bits per heavy atom. The molecular weight excluding hydrogens is 242 g/mol. The highest BCUT2D eigenvalue weighted by molar-refractivity contribution is 6.32. The smallest absolute Gasteiger partial charge is 0.180 e. The molecule has 0 heterocycles. The van der Waals surface area contributed by atoms with Crippen molar-refractivity contribution in [1.82, 2.24) is 0 Å². The summed E-state index contributed by atoms with van der Waals surface area (Å²) < 4.78 is 10.8. The molecular formula is C12H18ClNO3. The Morgan fingerprint density at radius 2 is 2.06 bits per heavy atom. The maximum Gasteiger partial charge on any atom is 0.180 e. The highest BCUT2D eigenvalue weighted by Crippen LogP contribution is 2.37. The van der Waals surface area contributed by atoms with E-state index >= 15 is 0 Å². The Hall–Kier alpha value is -0.970. The van der Waals surface area contributed by atoms with Crippen LogP contribution in [0.5, 0.6) is 11.5 Å². The van der Waals surface area contributed by atoms with Crippen LogP contribution in [0, 0.1) is 0 Å². The number of benzene rings is 1. The van der Waals surface area contributed by atoms with Crippen molar-refractivity contribution in [2.75, 3.05) is 7.11 Å². The molecule has 2 atom stereocenters. The Balaban J connectivity index is 3.05. The van der Waals surface area contributed by atoms with E-state index < -0.39 is 6.10 Å². The van der Waals surface area contributed by atoms with Gasteiger partial charge >= 0.3 is 0 Å². The fourth-order valence-electron chi connectivity index (χ4n) is 1.29. The van der Waals surface area contributed by atoms with Gasteiger partial charge in [0.25, 0.3) is 0 Å². The lowest BCUT2D eigenvalue weighted by atomic mass is 10.2. The average Bonchev–Trinajstić information content (AvgIpc) is 2.30.